The third-order valence-corrected chi connectivity index (χ3v) is 6.67. The number of thioether (sulfide) groups is 1. The summed E-state index contributed by atoms with van der Waals surface area (Å²) in [6, 6.07) is -1.01. The first-order valence-corrected chi connectivity index (χ1v) is 12.4. The summed E-state index contributed by atoms with van der Waals surface area (Å²) in [6.07, 6.45) is 2.21. The number of nitrogens with one attached hydrogen (secondary N) is 1. The summed E-state index contributed by atoms with van der Waals surface area (Å²) in [6.45, 7) is 5.41. The van der Waals surface area contributed by atoms with Crippen LogP contribution in [0.2, 0.25) is 0 Å². The normalized spacial score (nSPS) is 20.4. The molecule has 2 unspecified atom stereocenters. The zero-order valence-corrected chi connectivity index (χ0v) is 21.3. The van der Waals surface area contributed by atoms with Crippen LogP contribution in [0.5, 0.6) is 0 Å². The van der Waals surface area contributed by atoms with Gasteiger partial charge >= 0.3 is 17.9 Å². The number of β-lactam (4-membered cyclic amide) rings is 1. The second-order valence-corrected chi connectivity index (χ2v) is 9.41. The highest BCUT2D eigenvalue weighted by atomic mass is 32.2. The summed E-state index contributed by atoms with van der Waals surface area (Å²) in [5.41, 5.74) is 5.88. The van der Waals surface area contributed by atoms with Crippen LogP contribution in [-0.2, 0) is 38.3 Å². The molecule has 2 aliphatic heterocycles. The minimum absolute atomic E-state index is 0.00701. The molecule has 13 nitrogen and oxygen atoms in total. The van der Waals surface area contributed by atoms with E-state index in [1.165, 1.54) is 35.9 Å². The summed E-state index contributed by atoms with van der Waals surface area (Å²) in [5.74, 6) is -3.30. The third kappa shape index (κ3) is 5.91. The number of carbonyl (C=O) groups excluding carboxylic acids is 5. The highest BCUT2D eigenvalue weighted by molar-refractivity contribution is 8.00. The van der Waals surface area contributed by atoms with Crippen molar-refractivity contribution in [1.29, 1.82) is 0 Å². The molecule has 15 heteroatoms. The molecule has 192 valence electrons. The molecule has 3 atom stereocenters. The number of nitrogens with zero attached hydrogens (tertiary/aromatic N) is 3. The van der Waals surface area contributed by atoms with Crippen LogP contribution in [0.1, 0.15) is 33.4 Å². The number of carbonyl (C=O) groups is 5. The minimum Gasteiger partial charge on any atom is -0.426 e. The van der Waals surface area contributed by atoms with Crippen molar-refractivity contribution >= 4 is 63.7 Å². The Hall–Kier alpha value is -3.72. The molecule has 36 heavy (non-hydrogen) atoms. The Morgan fingerprint density at radius 1 is 1.28 bits per heavy atom. The van der Waals surface area contributed by atoms with E-state index in [1.807, 2.05) is 0 Å². The van der Waals surface area contributed by atoms with Crippen molar-refractivity contribution in [2.75, 3.05) is 11.5 Å². The summed E-state index contributed by atoms with van der Waals surface area (Å²) in [7, 11) is 0. The molecule has 1 aromatic rings. The van der Waals surface area contributed by atoms with E-state index in [1.54, 1.807) is 19.1 Å². The van der Waals surface area contributed by atoms with Gasteiger partial charge in [0.2, 0.25) is 6.29 Å². The summed E-state index contributed by atoms with van der Waals surface area (Å²) in [5, 5.41) is 7.10. The lowest BCUT2D eigenvalue weighted by Gasteiger charge is -2.49. The molecule has 3 rings (SSSR count). The Bertz CT molecular complexity index is 1190. The maximum atomic E-state index is 13.1. The van der Waals surface area contributed by atoms with Crippen molar-refractivity contribution in [3.63, 3.8) is 0 Å². The first kappa shape index (κ1) is 26.9. The van der Waals surface area contributed by atoms with Crippen LogP contribution < -0.4 is 11.1 Å². The molecule has 3 N–H and O–H groups in total. The van der Waals surface area contributed by atoms with Gasteiger partial charge in [0, 0.05) is 31.9 Å². The SMILES string of the molecule is C/C=C\C1=C(C(=O)OC(C)OC(C)=O)N2C(=O)C(NC(=O)/C(=N\OC(C)=O)c3csc(N)n3)[C@@H]2SC1. The van der Waals surface area contributed by atoms with Gasteiger partial charge in [-0.15, -0.1) is 23.1 Å². The number of hydrogen-bond acceptors (Lipinski definition) is 13. The molecule has 0 saturated carbocycles. The van der Waals surface area contributed by atoms with E-state index in [9.17, 15) is 24.0 Å². The molecule has 0 bridgehead atoms. The van der Waals surface area contributed by atoms with Gasteiger partial charge in [0.05, 0.1) is 0 Å². The Morgan fingerprint density at radius 3 is 2.58 bits per heavy atom. The van der Waals surface area contributed by atoms with Crippen molar-refractivity contribution in [2.24, 2.45) is 5.16 Å². The molecule has 0 aliphatic carbocycles. The van der Waals surface area contributed by atoms with E-state index in [0.717, 1.165) is 18.3 Å². The molecule has 2 amide bonds. The van der Waals surface area contributed by atoms with E-state index in [2.05, 4.69) is 20.3 Å². The number of aromatic nitrogens is 1. The minimum atomic E-state index is -1.17. The van der Waals surface area contributed by atoms with Crippen molar-refractivity contribution < 1.29 is 38.3 Å². The standard InChI is InChI=1S/C21H23N5O8S2/c1-5-6-12-7-35-19-15(18(30)26(19)16(12)20(31)33-11(4)32-9(2)27)24-17(29)14(25-34-10(3)28)13-8-36-21(22)23-13/h5-6,8,11,15,19H,7H2,1-4H3,(H2,22,23)(H,24,29)/b6-5-,25-14-/t11?,15?,19-/m0/s1. The average molecular weight is 538 g/mol. The zero-order chi connectivity index (χ0) is 26.6. The van der Waals surface area contributed by atoms with Crippen LogP contribution in [0.4, 0.5) is 5.13 Å². The van der Waals surface area contributed by atoms with Gasteiger partial charge in [0.15, 0.2) is 10.8 Å². The van der Waals surface area contributed by atoms with Gasteiger partial charge in [-0.25, -0.2) is 14.6 Å². The molecule has 3 heterocycles. The molecule has 0 spiro atoms. The lowest BCUT2D eigenvalue weighted by atomic mass is 10.0. The van der Waals surface area contributed by atoms with Gasteiger partial charge in [-0.3, -0.25) is 19.3 Å². The monoisotopic (exact) mass is 537 g/mol. The lowest BCUT2D eigenvalue weighted by molar-refractivity contribution is -0.182. The van der Waals surface area contributed by atoms with E-state index in [4.69, 9.17) is 15.2 Å². The fourth-order valence-corrected chi connectivity index (χ4v) is 5.21. The lowest BCUT2D eigenvalue weighted by Crippen LogP contribution is -2.71. The number of nitrogens with two attached hydrogens (primary N) is 1. The Labute approximate surface area is 213 Å². The highest BCUT2D eigenvalue weighted by Crippen LogP contribution is 2.41. The maximum absolute atomic E-state index is 13.1. The van der Waals surface area contributed by atoms with Crippen LogP contribution in [-0.4, -0.2) is 68.8 Å². The van der Waals surface area contributed by atoms with Crippen molar-refractivity contribution in [3.8, 4) is 0 Å². The van der Waals surface area contributed by atoms with Crippen molar-refractivity contribution in [2.45, 2.75) is 45.4 Å². The maximum Gasteiger partial charge on any atom is 0.358 e. The molecular weight excluding hydrogens is 514 g/mol. The topological polar surface area (TPSA) is 180 Å². The quantitative estimate of drug-likeness (QED) is 0.119. The largest absolute Gasteiger partial charge is 0.426 e. The van der Waals surface area contributed by atoms with Crippen molar-refractivity contribution in [3.05, 3.63) is 34.5 Å². The predicted octanol–water partition coefficient (Wildman–Crippen LogP) is 0.675. The Balaban J connectivity index is 1.81. The van der Waals surface area contributed by atoms with Crippen LogP contribution in [0.3, 0.4) is 0 Å². The molecule has 1 fully saturated rings. The highest BCUT2D eigenvalue weighted by Gasteiger charge is 2.54. The number of anilines is 1. The van der Waals surface area contributed by atoms with Crippen LogP contribution in [0.15, 0.2) is 34.0 Å². The second-order valence-electron chi connectivity index (χ2n) is 7.41. The smallest absolute Gasteiger partial charge is 0.358 e. The van der Waals surface area contributed by atoms with Crippen molar-refractivity contribution in [1.82, 2.24) is 15.2 Å². The molecule has 1 saturated heterocycles. The number of esters is 2. The number of fused-ring (bicyclic) bond motifs is 1. The Morgan fingerprint density at radius 2 is 2.00 bits per heavy atom. The molecule has 2 aliphatic rings. The molecular formula is C21H23N5O8S2. The van der Waals surface area contributed by atoms with Crippen LogP contribution in [0.25, 0.3) is 0 Å². The van der Waals surface area contributed by atoms with Gasteiger partial charge in [0.25, 0.3) is 11.8 Å². The van der Waals surface area contributed by atoms with Crippen LogP contribution in [0, 0.1) is 0 Å². The fraction of sp³-hybridized carbons (Fsp3) is 0.381. The van der Waals surface area contributed by atoms with E-state index >= 15 is 0 Å². The van der Waals surface area contributed by atoms with Gasteiger partial charge in [-0.1, -0.05) is 17.3 Å². The number of allylic oxidation sites excluding steroid dienone is 2. The predicted molar refractivity (Wildman–Crippen MR) is 129 cm³/mol. The number of rotatable bonds is 8. The fourth-order valence-electron chi connectivity index (χ4n) is 3.35. The number of thiazole rings is 1. The Kier molecular flexibility index (Phi) is 8.47. The first-order valence-electron chi connectivity index (χ1n) is 10.5. The molecule has 0 radical (unpaired) electrons. The van der Waals surface area contributed by atoms with E-state index in [-0.39, 0.29) is 22.2 Å². The summed E-state index contributed by atoms with van der Waals surface area (Å²) >= 11 is 2.37. The van der Waals surface area contributed by atoms with Gasteiger partial charge in [-0.2, -0.15) is 0 Å². The van der Waals surface area contributed by atoms with E-state index < -0.39 is 47.4 Å². The number of nitrogen functional groups attached to an aromatic ring is 1. The van der Waals surface area contributed by atoms with Gasteiger partial charge < -0.3 is 25.4 Å². The second kappa shape index (κ2) is 11.3. The van der Waals surface area contributed by atoms with E-state index in [0.29, 0.717) is 11.3 Å². The molecule has 1 aromatic heterocycles. The number of oxime groups is 1. The molecule has 0 aromatic carbocycles. The number of hydrogen-bond donors (Lipinski definition) is 2. The number of ether oxygens (including phenoxy) is 2. The first-order chi connectivity index (χ1) is 17.0. The summed E-state index contributed by atoms with van der Waals surface area (Å²) < 4.78 is 10.0. The third-order valence-electron chi connectivity index (χ3n) is 4.70. The number of amides is 2. The zero-order valence-electron chi connectivity index (χ0n) is 19.7. The van der Waals surface area contributed by atoms with Gasteiger partial charge in [0.1, 0.15) is 22.8 Å². The van der Waals surface area contributed by atoms with Crippen LogP contribution >= 0.6 is 23.1 Å². The van der Waals surface area contributed by atoms with Gasteiger partial charge in [-0.05, 0) is 12.5 Å². The summed E-state index contributed by atoms with van der Waals surface area (Å²) in [4.78, 5) is 71.1. The average Bonchev–Trinajstić information content (AvgIpc) is 3.22.